The normalized spacial score (nSPS) is 13.7. The highest BCUT2D eigenvalue weighted by Gasteiger charge is 2.19. The minimum atomic E-state index is -0.474. The van der Waals surface area contributed by atoms with Crippen molar-refractivity contribution in [1.82, 2.24) is 10.3 Å². The molecule has 3 N–H and O–H groups in total. The molecule has 2 atom stereocenters. The van der Waals surface area contributed by atoms with Gasteiger partial charge in [-0.1, -0.05) is 38.1 Å². The summed E-state index contributed by atoms with van der Waals surface area (Å²) in [5.41, 5.74) is 9.18. The maximum absolute atomic E-state index is 12.0. The Kier molecular flexibility index (Phi) is 5.28. The zero-order valence-corrected chi connectivity index (χ0v) is 13.3. The molecular formula is C18H23N3O. The highest BCUT2D eigenvalue weighted by Crippen LogP contribution is 2.21. The van der Waals surface area contributed by atoms with Gasteiger partial charge < -0.3 is 11.1 Å². The third-order valence-electron chi connectivity index (χ3n) is 3.80. The van der Waals surface area contributed by atoms with Gasteiger partial charge >= 0.3 is 0 Å². The number of aromatic nitrogens is 1. The Morgan fingerprint density at radius 1 is 1.00 bits per heavy atom. The summed E-state index contributed by atoms with van der Waals surface area (Å²) in [6.07, 6.45) is 3.55. The Morgan fingerprint density at radius 3 is 2.09 bits per heavy atom. The summed E-state index contributed by atoms with van der Waals surface area (Å²) in [5, 5.41) is 2.96. The summed E-state index contributed by atoms with van der Waals surface area (Å²) < 4.78 is 0. The summed E-state index contributed by atoms with van der Waals surface area (Å²) >= 11 is 0. The van der Waals surface area contributed by atoms with E-state index >= 15 is 0 Å². The van der Waals surface area contributed by atoms with Crippen LogP contribution in [0.3, 0.4) is 0 Å². The Hall–Kier alpha value is -2.20. The van der Waals surface area contributed by atoms with E-state index in [2.05, 4.69) is 22.4 Å². The number of hydrogen-bond acceptors (Lipinski definition) is 3. The van der Waals surface area contributed by atoms with Crippen LogP contribution in [0.15, 0.2) is 48.8 Å². The first-order chi connectivity index (χ1) is 10.5. The molecule has 0 saturated carbocycles. The van der Waals surface area contributed by atoms with Crippen molar-refractivity contribution in [2.45, 2.75) is 32.9 Å². The first-order valence-corrected chi connectivity index (χ1v) is 7.55. The molecule has 1 heterocycles. The summed E-state index contributed by atoms with van der Waals surface area (Å²) in [4.78, 5) is 16.0. The molecule has 4 nitrogen and oxygen atoms in total. The second-order valence-electron chi connectivity index (χ2n) is 5.86. The van der Waals surface area contributed by atoms with Crippen LogP contribution in [0.1, 0.15) is 32.4 Å². The fourth-order valence-corrected chi connectivity index (χ4v) is 2.20. The number of hydrogen-bond donors (Lipinski definition) is 2. The average Bonchev–Trinajstić information content (AvgIpc) is 2.54. The topological polar surface area (TPSA) is 68.0 Å². The number of benzene rings is 1. The van der Waals surface area contributed by atoms with Gasteiger partial charge in [-0.05, 0) is 41.7 Å². The van der Waals surface area contributed by atoms with Gasteiger partial charge in [-0.25, -0.2) is 0 Å². The Labute approximate surface area is 131 Å². The van der Waals surface area contributed by atoms with Crippen LogP contribution in [0, 0.1) is 5.92 Å². The van der Waals surface area contributed by atoms with Crippen LogP contribution >= 0.6 is 0 Å². The van der Waals surface area contributed by atoms with Crippen molar-refractivity contribution in [1.29, 1.82) is 0 Å². The van der Waals surface area contributed by atoms with Crippen molar-refractivity contribution in [2.75, 3.05) is 0 Å². The molecule has 1 unspecified atom stereocenters. The van der Waals surface area contributed by atoms with Crippen LogP contribution in [0.5, 0.6) is 0 Å². The molecule has 0 bridgehead atoms. The number of pyridine rings is 1. The van der Waals surface area contributed by atoms with E-state index in [0.717, 1.165) is 16.7 Å². The maximum atomic E-state index is 12.0. The van der Waals surface area contributed by atoms with Gasteiger partial charge in [0.05, 0.1) is 12.1 Å². The Balaban J connectivity index is 2.05. The van der Waals surface area contributed by atoms with Gasteiger partial charge in [-0.2, -0.15) is 0 Å². The zero-order chi connectivity index (χ0) is 16.1. The summed E-state index contributed by atoms with van der Waals surface area (Å²) in [6.45, 7) is 5.85. The molecule has 1 aromatic heterocycles. The Bertz CT molecular complexity index is 608. The van der Waals surface area contributed by atoms with Crippen molar-refractivity contribution in [2.24, 2.45) is 11.7 Å². The van der Waals surface area contributed by atoms with Crippen LogP contribution in [0.25, 0.3) is 11.1 Å². The molecule has 1 aromatic carbocycles. The predicted molar refractivity (Wildman–Crippen MR) is 89.0 cm³/mol. The molecule has 2 rings (SSSR count). The smallest absolute Gasteiger partial charge is 0.237 e. The predicted octanol–water partition coefficient (Wildman–Crippen LogP) is 2.91. The monoisotopic (exact) mass is 297 g/mol. The minimum Gasteiger partial charge on any atom is -0.348 e. The molecule has 4 heteroatoms. The van der Waals surface area contributed by atoms with Gasteiger partial charge in [-0.3, -0.25) is 9.78 Å². The standard InChI is InChI=1S/C18H23N3O/c1-12(2)17(19)18(22)21-13(3)14-4-6-15(7-5-14)16-8-10-20-11-9-16/h4-13,17H,19H2,1-3H3,(H,21,22)/t13?,17-/m0/s1. The van der Waals surface area contributed by atoms with E-state index in [9.17, 15) is 4.79 Å². The van der Waals surface area contributed by atoms with Crippen LogP contribution in [0.4, 0.5) is 0 Å². The second-order valence-corrected chi connectivity index (χ2v) is 5.86. The van der Waals surface area contributed by atoms with E-state index in [1.54, 1.807) is 12.4 Å². The fraction of sp³-hybridized carbons (Fsp3) is 0.333. The first-order valence-electron chi connectivity index (χ1n) is 7.55. The van der Waals surface area contributed by atoms with Gasteiger partial charge in [0.1, 0.15) is 0 Å². The lowest BCUT2D eigenvalue weighted by Gasteiger charge is -2.20. The lowest BCUT2D eigenvalue weighted by atomic mass is 10.0. The quantitative estimate of drug-likeness (QED) is 0.891. The first kappa shape index (κ1) is 16.2. The largest absolute Gasteiger partial charge is 0.348 e. The molecule has 0 aliphatic heterocycles. The molecule has 22 heavy (non-hydrogen) atoms. The maximum Gasteiger partial charge on any atom is 0.237 e. The summed E-state index contributed by atoms with van der Waals surface area (Å²) in [5.74, 6) is 0.0157. The lowest BCUT2D eigenvalue weighted by molar-refractivity contribution is -0.123. The number of nitrogens with zero attached hydrogens (tertiary/aromatic N) is 1. The third-order valence-corrected chi connectivity index (χ3v) is 3.80. The molecule has 116 valence electrons. The van der Waals surface area contributed by atoms with Crippen molar-refractivity contribution in [3.05, 3.63) is 54.4 Å². The molecular weight excluding hydrogens is 274 g/mol. The van der Waals surface area contributed by atoms with Gasteiger partial charge in [0.25, 0.3) is 0 Å². The van der Waals surface area contributed by atoms with Crippen molar-refractivity contribution in [3.63, 3.8) is 0 Å². The number of amides is 1. The molecule has 0 saturated heterocycles. The molecule has 0 spiro atoms. The van der Waals surface area contributed by atoms with Gasteiger partial charge in [0.2, 0.25) is 5.91 Å². The highest BCUT2D eigenvalue weighted by molar-refractivity contribution is 5.82. The van der Waals surface area contributed by atoms with E-state index in [0.29, 0.717) is 0 Å². The third kappa shape index (κ3) is 3.92. The van der Waals surface area contributed by atoms with E-state index in [-0.39, 0.29) is 17.9 Å². The number of rotatable bonds is 5. The highest BCUT2D eigenvalue weighted by atomic mass is 16.2. The van der Waals surface area contributed by atoms with Crippen LogP contribution in [-0.2, 0) is 4.79 Å². The molecule has 1 amide bonds. The Morgan fingerprint density at radius 2 is 1.55 bits per heavy atom. The lowest BCUT2D eigenvalue weighted by Crippen LogP contribution is -2.44. The fourth-order valence-electron chi connectivity index (χ4n) is 2.20. The molecule has 2 aromatic rings. The number of nitrogens with one attached hydrogen (secondary N) is 1. The van der Waals surface area contributed by atoms with Crippen molar-refractivity contribution in [3.8, 4) is 11.1 Å². The molecule has 0 aliphatic carbocycles. The summed E-state index contributed by atoms with van der Waals surface area (Å²) in [6, 6.07) is 11.6. The number of carbonyl (C=O) groups is 1. The van der Waals surface area contributed by atoms with Crippen LogP contribution in [-0.4, -0.2) is 16.9 Å². The number of nitrogens with two attached hydrogens (primary N) is 1. The second kappa shape index (κ2) is 7.18. The van der Waals surface area contributed by atoms with Crippen molar-refractivity contribution >= 4 is 5.91 Å². The molecule has 0 radical (unpaired) electrons. The number of carbonyl (C=O) groups excluding carboxylic acids is 1. The summed E-state index contributed by atoms with van der Waals surface area (Å²) in [7, 11) is 0. The zero-order valence-electron chi connectivity index (χ0n) is 13.3. The average molecular weight is 297 g/mol. The van der Waals surface area contributed by atoms with E-state index < -0.39 is 6.04 Å². The van der Waals surface area contributed by atoms with Crippen molar-refractivity contribution < 1.29 is 4.79 Å². The minimum absolute atomic E-state index is 0.0659. The van der Waals surface area contributed by atoms with Crippen LogP contribution < -0.4 is 11.1 Å². The van der Waals surface area contributed by atoms with Gasteiger partial charge in [0.15, 0.2) is 0 Å². The molecule has 0 fully saturated rings. The SMILES string of the molecule is CC(NC(=O)[C@@H](N)C(C)C)c1ccc(-c2ccncc2)cc1. The van der Waals surface area contributed by atoms with Crippen LogP contribution in [0.2, 0.25) is 0 Å². The van der Waals surface area contributed by atoms with E-state index in [4.69, 9.17) is 5.73 Å². The van der Waals surface area contributed by atoms with E-state index in [1.807, 2.05) is 45.0 Å². The van der Waals surface area contributed by atoms with Gasteiger partial charge in [0, 0.05) is 12.4 Å². The van der Waals surface area contributed by atoms with Gasteiger partial charge in [-0.15, -0.1) is 0 Å². The molecule has 0 aliphatic rings. The van der Waals surface area contributed by atoms with E-state index in [1.165, 1.54) is 0 Å².